The van der Waals surface area contributed by atoms with E-state index in [4.69, 9.17) is 4.98 Å². The molecule has 0 unspecified atom stereocenters. The van der Waals surface area contributed by atoms with Crippen LogP contribution >= 0.6 is 0 Å². The average molecular weight is 682 g/mol. The van der Waals surface area contributed by atoms with Gasteiger partial charge in [0.15, 0.2) is 0 Å². The van der Waals surface area contributed by atoms with Crippen molar-refractivity contribution in [3.8, 4) is 11.1 Å². The molecule has 12 heteroatoms. The monoisotopic (exact) mass is 681 g/mol. The normalized spacial score (nSPS) is 18.5. The molecule has 3 aromatic carbocycles. The van der Waals surface area contributed by atoms with Crippen molar-refractivity contribution in [2.75, 3.05) is 13.1 Å². The summed E-state index contributed by atoms with van der Waals surface area (Å²) in [5.41, 5.74) is 3.77. The van der Waals surface area contributed by atoms with Gasteiger partial charge in [-0.15, -0.1) is 0 Å². The van der Waals surface area contributed by atoms with Crippen molar-refractivity contribution < 1.29 is 18.0 Å². The zero-order valence-electron chi connectivity index (χ0n) is 28.1. The molecule has 49 heavy (non-hydrogen) atoms. The Balaban J connectivity index is 1.31. The smallest absolute Gasteiger partial charge is 0.243 e. The summed E-state index contributed by atoms with van der Waals surface area (Å²) in [4.78, 5) is 35.5. The van der Waals surface area contributed by atoms with E-state index in [0.29, 0.717) is 18.1 Å². The molecule has 2 aromatic heterocycles. The van der Waals surface area contributed by atoms with E-state index in [1.54, 1.807) is 23.7 Å². The van der Waals surface area contributed by atoms with Crippen LogP contribution in [-0.2, 0) is 32.6 Å². The maximum absolute atomic E-state index is 14.1. The summed E-state index contributed by atoms with van der Waals surface area (Å²) < 4.78 is 31.3. The fourth-order valence-corrected chi connectivity index (χ4v) is 7.91. The molecule has 0 aliphatic carbocycles. The minimum absolute atomic E-state index is 0.0553. The van der Waals surface area contributed by atoms with Gasteiger partial charge < -0.3 is 15.6 Å². The fraction of sp³-hybridized carbons (Fsp3) is 0.351. The number of H-pyrrole nitrogens is 1. The predicted molar refractivity (Wildman–Crippen MR) is 189 cm³/mol. The van der Waals surface area contributed by atoms with Gasteiger partial charge in [-0.1, -0.05) is 74.5 Å². The van der Waals surface area contributed by atoms with E-state index < -0.39 is 22.1 Å². The number of aryl methyl sites for hydroxylation is 1. The maximum Gasteiger partial charge on any atom is 0.243 e. The average Bonchev–Trinajstić information content (AvgIpc) is 3.68. The summed E-state index contributed by atoms with van der Waals surface area (Å²) in [6.07, 6.45) is 3.05. The number of carbonyl (C=O) groups excluding carboxylic acids is 2. The largest absolute Gasteiger partial charge is 0.361 e. The predicted octanol–water partition coefficient (Wildman–Crippen LogP) is 5.15. The third kappa shape index (κ3) is 7.92. The summed E-state index contributed by atoms with van der Waals surface area (Å²) in [7, 11) is -3.92. The highest BCUT2D eigenvalue weighted by Crippen LogP contribution is 2.26. The lowest BCUT2D eigenvalue weighted by Gasteiger charge is -2.27. The Morgan fingerprint density at radius 1 is 0.857 bits per heavy atom. The van der Waals surface area contributed by atoms with Gasteiger partial charge in [-0.3, -0.25) is 9.59 Å². The number of hydrogen-bond donors (Lipinski definition) is 3. The number of nitrogens with one attached hydrogen (secondary N) is 3. The molecular formula is C37H43N7O4S. The molecule has 5 aromatic rings. The molecule has 11 nitrogen and oxygen atoms in total. The minimum Gasteiger partial charge on any atom is -0.361 e. The lowest BCUT2D eigenvalue weighted by atomic mass is 10.0. The van der Waals surface area contributed by atoms with Gasteiger partial charge in [-0.2, -0.15) is 9.40 Å². The van der Waals surface area contributed by atoms with E-state index in [1.807, 2.05) is 72.9 Å². The van der Waals surface area contributed by atoms with E-state index in [-0.39, 0.29) is 61.5 Å². The Hall–Kier alpha value is -4.81. The molecule has 0 saturated heterocycles. The molecular weight excluding hydrogens is 639 g/mol. The van der Waals surface area contributed by atoms with Crippen molar-refractivity contribution in [2.45, 2.75) is 70.0 Å². The number of fused-ring (bicyclic) bond motifs is 2. The molecule has 0 saturated carbocycles. The van der Waals surface area contributed by atoms with E-state index >= 15 is 0 Å². The van der Waals surface area contributed by atoms with Crippen LogP contribution in [0, 0.1) is 12.8 Å². The van der Waals surface area contributed by atoms with Crippen LogP contribution in [0.3, 0.4) is 0 Å². The van der Waals surface area contributed by atoms with E-state index in [0.717, 1.165) is 27.6 Å². The molecule has 2 amide bonds. The zero-order chi connectivity index (χ0) is 34.5. The summed E-state index contributed by atoms with van der Waals surface area (Å²) in [5, 5.41) is 11.7. The number of aromatic amines is 1. The maximum atomic E-state index is 14.1. The van der Waals surface area contributed by atoms with Crippen molar-refractivity contribution in [1.29, 1.82) is 0 Å². The molecule has 0 spiro atoms. The molecule has 0 bridgehead atoms. The van der Waals surface area contributed by atoms with Gasteiger partial charge in [0.25, 0.3) is 0 Å². The molecule has 6 rings (SSSR count). The van der Waals surface area contributed by atoms with E-state index in [9.17, 15) is 18.0 Å². The summed E-state index contributed by atoms with van der Waals surface area (Å²) >= 11 is 0. The number of aromatic nitrogens is 4. The van der Waals surface area contributed by atoms with Crippen molar-refractivity contribution in [2.24, 2.45) is 5.92 Å². The Bertz CT molecular complexity index is 2020. The van der Waals surface area contributed by atoms with Gasteiger partial charge >= 0.3 is 0 Å². The van der Waals surface area contributed by atoms with Crippen LogP contribution in [0.4, 0.5) is 0 Å². The highest BCUT2D eigenvalue weighted by atomic mass is 32.2. The van der Waals surface area contributed by atoms with Crippen LogP contribution in [0.2, 0.25) is 0 Å². The highest BCUT2D eigenvalue weighted by Gasteiger charge is 2.31. The van der Waals surface area contributed by atoms with Crippen molar-refractivity contribution in [3.05, 3.63) is 102 Å². The molecule has 0 radical (unpaired) electrons. The topological polar surface area (TPSA) is 142 Å². The summed E-state index contributed by atoms with van der Waals surface area (Å²) in [6, 6.07) is 23.1. The fourth-order valence-electron chi connectivity index (χ4n) is 6.44. The van der Waals surface area contributed by atoms with Gasteiger partial charge in [0, 0.05) is 43.0 Å². The summed E-state index contributed by atoms with van der Waals surface area (Å²) in [6.45, 7) is 6.37. The number of rotatable bonds is 7. The van der Waals surface area contributed by atoms with Gasteiger partial charge in [0.2, 0.25) is 21.8 Å². The van der Waals surface area contributed by atoms with Crippen molar-refractivity contribution in [3.63, 3.8) is 0 Å². The SMILES string of the molecule is Cc1nc2n(n1)CCN(S(=O)(=O)c1ccc(-c3ccccc3)cc1)CCCC(=O)N[C@H](Cc1c[nH]c3ccccc13)C(=O)N[C@H]2CC(C)C. The third-order valence-corrected chi connectivity index (χ3v) is 10.8. The Morgan fingerprint density at radius 3 is 2.33 bits per heavy atom. The number of para-hydroxylation sites is 1. The first-order valence-corrected chi connectivity index (χ1v) is 18.2. The molecule has 3 heterocycles. The van der Waals surface area contributed by atoms with E-state index in [1.165, 1.54) is 4.31 Å². The number of hydrogen-bond acceptors (Lipinski definition) is 6. The molecule has 256 valence electrons. The van der Waals surface area contributed by atoms with Crippen molar-refractivity contribution >= 4 is 32.7 Å². The molecule has 0 fully saturated rings. The summed E-state index contributed by atoms with van der Waals surface area (Å²) in [5.74, 6) is 0.653. The second-order valence-corrected chi connectivity index (χ2v) is 15.0. The quantitative estimate of drug-likeness (QED) is 0.217. The zero-order valence-corrected chi connectivity index (χ0v) is 28.9. The number of carbonyl (C=O) groups is 2. The van der Waals surface area contributed by atoms with E-state index in [2.05, 4.69) is 34.6 Å². The Morgan fingerprint density at radius 2 is 1.57 bits per heavy atom. The number of benzene rings is 3. The third-order valence-electron chi connectivity index (χ3n) is 8.86. The number of amides is 2. The van der Waals surface area contributed by atoms with Gasteiger partial charge in [-0.05, 0) is 60.6 Å². The van der Waals surface area contributed by atoms with Crippen molar-refractivity contribution in [1.82, 2.24) is 34.7 Å². The van der Waals surface area contributed by atoms with Crippen LogP contribution in [0.5, 0.6) is 0 Å². The highest BCUT2D eigenvalue weighted by molar-refractivity contribution is 7.89. The molecule has 1 aliphatic heterocycles. The Labute approximate surface area is 287 Å². The van der Waals surface area contributed by atoms with Crippen LogP contribution in [-0.4, -0.2) is 63.4 Å². The molecule has 2 atom stereocenters. The Kier molecular flexibility index (Phi) is 10.3. The van der Waals surface area contributed by atoms with Gasteiger partial charge in [0.1, 0.15) is 17.7 Å². The van der Waals surface area contributed by atoms with Crippen LogP contribution in [0.25, 0.3) is 22.0 Å². The van der Waals surface area contributed by atoms with Crippen LogP contribution in [0.1, 0.15) is 56.4 Å². The lowest BCUT2D eigenvalue weighted by Crippen LogP contribution is -2.49. The second kappa shape index (κ2) is 14.8. The number of sulfonamides is 1. The minimum atomic E-state index is -3.92. The first-order valence-electron chi connectivity index (χ1n) is 16.8. The second-order valence-electron chi connectivity index (χ2n) is 13.0. The van der Waals surface area contributed by atoms with Gasteiger partial charge in [-0.25, -0.2) is 18.1 Å². The molecule has 1 aliphatic rings. The molecule has 3 N–H and O–H groups in total. The van der Waals surface area contributed by atoms with Crippen LogP contribution in [0.15, 0.2) is 90.0 Å². The number of nitrogens with zero attached hydrogens (tertiary/aromatic N) is 4. The first kappa shape index (κ1) is 34.1. The lowest BCUT2D eigenvalue weighted by molar-refractivity contribution is -0.129. The first-order chi connectivity index (χ1) is 23.6. The standard InChI is InChI=1S/C37H43N7O4S/c1-25(2)22-33-36-39-26(3)42-44(36)21-20-43(49(47,48)30-17-15-28(16-18-30)27-10-5-4-6-11-27)19-9-14-35(45)40-34(37(46)41-33)23-29-24-38-32-13-8-7-12-31(29)32/h4-8,10-13,15-18,24-25,33-34,38H,9,14,19-23H2,1-3H3,(H,40,45)(H,41,46)/t33-,34+/m0/s1. The van der Waals surface area contributed by atoms with Crippen LogP contribution < -0.4 is 10.6 Å². The van der Waals surface area contributed by atoms with Gasteiger partial charge in [0.05, 0.1) is 17.5 Å².